The van der Waals surface area contributed by atoms with Crippen LogP contribution in [-0.2, 0) is 0 Å². The van der Waals surface area contributed by atoms with E-state index in [1.807, 2.05) is 11.8 Å². The predicted octanol–water partition coefficient (Wildman–Crippen LogP) is 1.57. The van der Waals surface area contributed by atoms with Crippen molar-refractivity contribution in [3.05, 3.63) is 11.0 Å². The van der Waals surface area contributed by atoms with E-state index in [9.17, 15) is 0 Å². The van der Waals surface area contributed by atoms with Crippen LogP contribution in [-0.4, -0.2) is 31.3 Å². The van der Waals surface area contributed by atoms with Crippen LogP contribution in [0.5, 0.6) is 0 Å². The number of hydrogen-bond acceptors (Lipinski definition) is 2. The molecule has 0 aliphatic carbocycles. The van der Waals surface area contributed by atoms with E-state index in [0.717, 1.165) is 6.54 Å². The Bertz CT molecular complexity index is 120. The number of rotatable bonds is 1. The van der Waals surface area contributed by atoms with Gasteiger partial charge in [-0.2, -0.15) is 0 Å². The van der Waals surface area contributed by atoms with Crippen LogP contribution < -0.4 is 0 Å². The Kier molecular flexibility index (Phi) is 2.61. The summed E-state index contributed by atoms with van der Waals surface area (Å²) in [7, 11) is 2.16. The van der Waals surface area contributed by atoms with E-state index in [1.165, 1.54) is 13.0 Å². The monoisotopic (exact) mass is 143 g/mol. The van der Waals surface area contributed by atoms with E-state index in [4.69, 9.17) is 0 Å². The zero-order valence-corrected chi connectivity index (χ0v) is 6.87. The van der Waals surface area contributed by atoms with Crippen LogP contribution in [0.2, 0.25) is 0 Å². The van der Waals surface area contributed by atoms with Crippen molar-refractivity contribution in [1.82, 2.24) is 4.90 Å². The van der Waals surface area contributed by atoms with Crippen LogP contribution in [0.4, 0.5) is 0 Å². The van der Waals surface area contributed by atoms with Crippen LogP contribution in [0.3, 0.4) is 0 Å². The van der Waals surface area contributed by atoms with Gasteiger partial charge in [-0.3, -0.25) is 0 Å². The van der Waals surface area contributed by atoms with Crippen LogP contribution in [0.25, 0.3) is 0 Å². The van der Waals surface area contributed by atoms with Gasteiger partial charge in [0.15, 0.2) is 0 Å². The Morgan fingerprint density at radius 2 is 2.44 bits per heavy atom. The van der Waals surface area contributed by atoms with Gasteiger partial charge in [0, 0.05) is 13.1 Å². The summed E-state index contributed by atoms with van der Waals surface area (Å²) in [4.78, 5) is 3.88. The highest BCUT2D eigenvalue weighted by molar-refractivity contribution is 8.02. The molecule has 1 aliphatic rings. The molecule has 1 nitrogen and oxygen atoms in total. The summed E-state index contributed by atoms with van der Waals surface area (Å²) in [6.07, 6.45) is 5.71. The maximum absolute atomic E-state index is 2.33. The Morgan fingerprint density at radius 3 is 2.89 bits per heavy atom. The Morgan fingerprint density at radius 1 is 1.67 bits per heavy atom. The third kappa shape index (κ3) is 2.03. The fraction of sp³-hybridized carbons (Fsp3) is 0.714. The minimum Gasteiger partial charge on any atom is -0.302 e. The molecule has 0 aromatic rings. The second-order valence-electron chi connectivity index (χ2n) is 2.39. The summed E-state index contributed by atoms with van der Waals surface area (Å²) < 4.78 is 0. The summed E-state index contributed by atoms with van der Waals surface area (Å²) in [5, 5.41) is 0. The highest BCUT2D eigenvalue weighted by atomic mass is 32.2. The Labute approximate surface area is 61.1 Å². The van der Waals surface area contributed by atoms with Crippen molar-refractivity contribution in [3.8, 4) is 0 Å². The Balaban J connectivity index is 2.40. The van der Waals surface area contributed by atoms with Gasteiger partial charge >= 0.3 is 0 Å². The number of thioether (sulfide) groups is 1. The summed E-state index contributed by atoms with van der Waals surface area (Å²) in [5.41, 5.74) is 0. The minimum atomic E-state index is 1.14. The molecule has 0 aromatic heterocycles. The van der Waals surface area contributed by atoms with Crippen LogP contribution in [0.1, 0.15) is 6.42 Å². The van der Waals surface area contributed by atoms with Gasteiger partial charge in [0.1, 0.15) is 0 Å². The second kappa shape index (κ2) is 3.28. The molecule has 0 saturated heterocycles. The SMILES string of the molecule is CSC1=CCN(C)CC1. The molecule has 0 saturated carbocycles. The first-order valence-corrected chi connectivity index (χ1v) is 4.47. The average molecular weight is 143 g/mol. The first-order valence-electron chi connectivity index (χ1n) is 3.24. The van der Waals surface area contributed by atoms with E-state index in [0.29, 0.717) is 0 Å². The molecule has 1 rings (SSSR count). The van der Waals surface area contributed by atoms with Crippen LogP contribution in [0, 0.1) is 0 Å². The topological polar surface area (TPSA) is 3.24 Å². The zero-order valence-electron chi connectivity index (χ0n) is 6.05. The third-order valence-electron chi connectivity index (χ3n) is 1.63. The molecule has 52 valence electrons. The van der Waals surface area contributed by atoms with Gasteiger partial charge in [-0.1, -0.05) is 6.08 Å². The molecule has 0 spiro atoms. The van der Waals surface area contributed by atoms with Crippen molar-refractivity contribution in [2.75, 3.05) is 26.4 Å². The molecule has 1 heterocycles. The van der Waals surface area contributed by atoms with E-state index in [2.05, 4.69) is 24.3 Å². The molecule has 0 amide bonds. The highest BCUT2D eigenvalue weighted by Gasteiger charge is 2.04. The van der Waals surface area contributed by atoms with Gasteiger partial charge in [-0.05, 0) is 24.6 Å². The van der Waals surface area contributed by atoms with Gasteiger partial charge in [-0.25, -0.2) is 0 Å². The minimum absolute atomic E-state index is 1.14. The standard InChI is InChI=1S/C7H13NS/c1-8-5-3-7(9-2)4-6-8/h3H,4-6H2,1-2H3. The van der Waals surface area contributed by atoms with E-state index < -0.39 is 0 Å². The van der Waals surface area contributed by atoms with Gasteiger partial charge < -0.3 is 4.90 Å². The molecule has 0 unspecified atom stereocenters. The third-order valence-corrected chi connectivity index (χ3v) is 2.53. The summed E-state index contributed by atoms with van der Waals surface area (Å²) >= 11 is 1.88. The van der Waals surface area contributed by atoms with Gasteiger partial charge in [-0.15, -0.1) is 11.8 Å². The molecule has 1 aliphatic heterocycles. The molecule has 0 N–H and O–H groups in total. The van der Waals surface area contributed by atoms with E-state index in [1.54, 1.807) is 4.91 Å². The maximum atomic E-state index is 2.33. The molecule has 0 atom stereocenters. The van der Waals surface area contributed by atoms with E-state index in [-0.39, 0.29) is 0 Å². The van der Waals surface area contributed by atoms with Gasteiger partial charge in [0.25, 0.3) is 0 Å². The maximum Gasteiger partial charge on any atom is 0.0171 e. The van der Waals surface area contributed by atoms with Crippen molar-refractivity contribution in [3.63, 3.8) is 0 Å². The van der Waals surface area contributed by atoms with Crippen LogP contribution >= 0.6 is 11.8 Å². The van der Waals surface area contributed by atoms with Crippen molar-refractivity contribution >= 4 is 11.8 Å². The van der Waals surface area contributed by atoms with Gasteiger partial charge in [0.05, 0.1) is 0 Å². The van der Waals surface area contributed by atoms with Crippen molar-refractivity contribution < 1.29 is 0 Å². The lowest BCUT2D eigenvalue weighted by atomic mass is 10.3. The summed E-state index contributed by atoms with van der Waals surface area (Å²) in [6.45, 7) is 2.36. The van der Waals surface area contributed by atoms with Crippen LogP contribution in [0.15, 0.2) is 11.0 Å². The molecule has 0 bridgehead atoms. The van der Waals surface area contributed by atoms with Gasteiger partial charge in [0.2, 0.25) is 0 Å². The fourth-order valence-electron chi connectivity index (χ4n) is 0.937. The number of likely N-dealkylation sites (N-methyl/N-ethyl adjacent to an activating group) is 1. The first-order chi connectivity index (χ1) is 4.33. The lowest BCUT2D eigenvalue weighted by Gasteiger charge is -2.20. The van der Waals surface area contributed by atoms with Crippen molar-refractivity contribution in [2.24, 2.45) is 0 Å². The average Bonchev–Trinajstić information content (AvgIpc) is 1.90. The number of hydrogen-bond donors (Lipinski definition) is 0. The lowest BCUT2D eigenvalue weighted by Crippen LogP contribution is -2.23. The molecule has 9 heavy (non-hydrogen) atoms. The highest BCUT2D eigenvalue weighted by Crippen LogP contribution is 2.18. The molecule has 0 fully saturated rings. The number of nitrogens with zero attached hydrogens (tertiary/aromatic N) is 1. The largest absolute Gasteiger partial charge is 0.302 e. The quantitative estimate of drug-likeness (QED) is 0.548. The second-order valence-corrected chi connectivity index (χ2v) is 3.32. The van der Waals surface area contributed by atoms with Crippen molar-refractivity contribution in [1.29, 1.82) is 0 Å². The van der Waals surface area contributed by atoms with E-state index >= 15 is 0 Å². The Hall–Kier alpha value is 0.0500. The predicted molar refractivity (Wildman–Crippen MR) is 43.7 cm³/mol. The normalized spacial score (nSPS) is 21.8. The molecular weight excluding hydrogens is 130 g/mol. The molecule has 0 radical (unpaired) electrons. The zero-order chi connectivity index (χ0) is 6.69. The summed E-state index contributed by atoms with van der Waals surface area (Å²) in [5.74, 6) is 0. The lowest BCUT2D eigenvalue weighted by molar-refractivity contribution is 0.364. The fourth-order valence-corrected chi connectivity index (χ4v) is 1.47. The van der Waals surface area contributed by atoms with Crippen molar-refractivity contribution in [2.45, 2.75) is 6.42 Å². The molecule has 0 aromatic carbocycles. The smallest absolute Gasteiger partial charge is 0.0171 e. The first kappa shape index (κ1) is 7.16. The molecular formula is C7H13NS. The summed E-state index contributed by atoms with van der Waals surface area (Å²) in [6, 6.07) is 0. The molecule has 2 heteroatoms.